The van der Waals surface area contributed by atoms with Crippen molar-refractivity contribution in [2.24, 2.45) is 0 Å². The molecule has 0 aromatic rings. The molecule has 35 atom stereocenters. The minimum Gasteiger partial charge on any atom is -0.394 e. The molecule has 8 fully saturated rings. The molecule has 0 radical (unpaired) electrons. The van der Waals surface area contributed by atoms with Crippen molar-refractivity contribution < 1.29 is 178 Å². The maximum absolute atomic E-state index is 13.3. The Morgan fingerprint density at radius 2 is 0.874 bits per heavy atom. The van der Waals surface area contributed by atoms with E-state index in [-0.39, 0.29) is 0 Å². The van der Waals surface area contributed by atoms with Gasteiger partial charge in [-0.3, -0.25) is 14.4 Å². The van der Waals surface area contributed by atoms with Crippen molar-refractivity contribution in [2.45, 2.75) is 242 Å². The minimum atomic E-state index is -3.68. The standard InChI is InChI=1S/C48H79N3O36/c1-11-24(58)31(65)34(68)45(77-11)74-8-18-27(61)32(66)35(69)46(81-18)82-36-17(7-54)85-48(41(71)39(36)83-44-21(49-12(2)55)30(64)25(59)15(5-52)80-44)86-37-22(50-13(3)56)42(72)78-19(28(37)62)9-75-47(40(70)33(67)26(60)16(6-53)84-47)76-10-20-29(63)38(87-48)23(43(73)79-20)51-14(4)57/h11,15-46,52-54,58-73H,5-10H2,1-4H3,(H,49,55)(H,50,56)(H,51,57)/t11-,15+,16+,17+,18+,19+,20+,21+,22+,23+,24-,25+,26-,27+,28+,29+,30+,31+,32-,33-,34+,35+,36-,37+,38+,39-,40+,41+,42-,43+,44-,45+,46+,47?,48?/m0/s1. The van der Waals surface area contributed by atoms with Crippen LogP contribution in [0.3, 0.4) is 0 Å². The molecule has 87 heavy (non-hydrogen) atoms. The van der Waals surface area contributed by atoms with Gasteiger partial charge in [-0.1, -0.05) is 0 Å². The Labute approximate surface area is 492 Å². The Morgan fingerprint density at radius 3 is 1.39 bits per heavy atom. The highest BCUT2D eigenvalue weighted by atomic mass is 16.9. The predicted molar refractivity (Wildman–Crippen MR) is 264 cm³/mol. The number of ether oxygens (including phenoxy) is 14. The molecule has 8 aliphatic heterocycles. The van der Waals surface area contributed by atoms with E-state index in [2.05, 4.69) is 16.0 Å². The predicted octanol–water partition coefficient (Wildman–Crippen LogP) is -15.1. The van der Waals surface area contributed by atoms with Crippen LogP contribution in [-0.4, -0.2) is 369 Å². The topological polar surface area (TPSA) is 601 Å². The quantitative estimate of drug-likeness (QED) is 0.0814. The van der Waals surface area contributed by atoms with Gasteiger partial charge in [0, 0.05) is 20.8 Å². The number of hydrogen-bond acceptors (Lipinski definition) is 36. The molecule has 8 heterocycles. The van der Waals surface area contributed by atoms with Gasteiger partial charge in [0.1, 0.15) is 152 Å². The molecule has 502 valence electrons. The van der Waals surface area contributed by atoms with Gasteiger partial charge < -0.3 is 179 Å². The molecule has 0 aromatic carbocycles. The summed E-state index contributed by atoms with van der Waals surface area (Å²) in [6.07, 6.45) is -64.3. The summed E-state index contributed by atoms with van der Waals surface area (Å²) in [5.74, 6) is -9.67. The van der Waals surface area contributed by atoms with Gasteiger partial charge in [0.25, 0.3) is 0 Å². The van der Waals surface area contributed by atoms with Crippen molar-refractivity contribution in [3.05, 3.63) is 0 Å². The highest BCUT2D eigenvalue weighted by molar-refractivity contribution is 5.74. The fourth-order valence-corrected chi connectivity index (χ4v) is 11.4. The maximum Gasteiger partial charge on any atom is 0.314 e. The molecule has 0 aliphatic carbocycles. The van der Waals surface area contributed by atoms with E-state index in [9.17, 15) is 111 Å². The summed E-state index contributed by atoms with van der Waals surface area (Å²) in [5, 5.41) is 221. The number of hydrogen-bond donors (Lipinski definition) is 22. The minimum absolute atomic E-state index is 0.874. The second-order valence-electron chi connectivity index (χ2n) is 22.3. The highest BCUT2D eigenvalue weighted by Gasteiger charge is 2.67. The fourth-order valence-electron chi connectivity index (χ4n) is 11.4. The zero-order valence-electron chi connectivity index (χ0n) is 46.7. The third-order valence-electron chi connectivity index (χ3n) is 16.1. The number of fused-ring (bicyclic) bond motifs is 4. The number of amides is 3. The van der Waals surface area contributed by atoms with Crippen LogP contribution in [0, 0.1) is 0 Å². The second-order valence-corrected chi connectivity index (χ2v) is 22.3. The zero-order chi connectivity index (χ0) is 64.0. The summed E-state index contributed by atoms with van der Waals surface area (Å²) >= 11 is 0. The van der Waals surface area contributed by atoms with Gasteiger partial charge in [-0.05, 0) is 6.92 Å². The molecule has 8 aliphatic rings. The van der Waals surface area contributed by atoms with Crippen LogP contribution in [0.1, 0.15) is 27.7 Å². The number of carbonyl (C=O) groups excluding carboxylic acids is 3. The summed E-state index contributed by atoms with van der Waals surface area (Å²) in [7, 11) is 0. The van der Waals surface area contributed by atoms with Crippen LogP contribution in [0.25, 0.3) is 0 Å². The Morgan fingerprint density at radius 1 is 0.425 bits per heavy atom. The molecule has 2 unspecified atom stereocenters. The van der Waals surface area contributed by atoms with Gasteiger partial charge in [-0.2, -0.15) is 0 Å². The molecule has 22 N–H and O–H groups in total. The fraction of sp³-hybridized carbons (Fsp3) is 0.938. The molecular formula is C48H79N3O36. The molecule has 0 saturated carbocycles. The molecular weight excluding hydrogens is 1190 g/mol. The number of rotatable bonds is 13. The van der Waals surface area contributed by atoms with Crippen LogP contribution >= 0.6 is 0 Å². The molecule has 3 amide bonds. The maximum atomic E-state index is 13.3. The average molecular weight is 1270 g/mol. The van der Waals surface area contributed by atoms with Crippen LogP contribution < -0.4 is 16.0 Å². The summed E-state index contributed by atoms with van der Waals surface area (Å²) in [4.78, 5) is 38.6. The molecule has 8 saturated heterocycles. The summed E-state index contributed by atoms with van der Waals surface area (Å²) in [6, 6.07) is -6.09. The van der Waals surface area contributed by atoms with Crippen LogP contribution in [0.5, 0.6) is 0 Å². The number of aliphatic hydroxyl groups excluding tert-OH is 19. The summed E-state index contributed by atoms with van der Waals surface area (Å²) in [6.45, 7) is -2.68. The lowest BCUT2D eigenvalue weighted by atomic mass is 9.92. The van der Waals surface area contributed by atoms with Crippen LogP contribution in [0.4, 0.5) is 0 Å². The molecule has 0 aromatic heterocycles. The second kappa shape index (κ2) is 28.5. The number of carbonyl (C=O) groups is 3. The van der Waals surface area contributed by atoms with E-state index in [4.69, 9.17) is 66.3 Å². The molecule has 39 nitrogen and oxygen atoms in total. The SMILES string of the molecule is CC(=O)N[C@@H]1[C@H]2OC3(O[C@H]4[C@H](O)[C@@H](COC5(OC[C@@H](O[C@H]1O)[C@H]2O)O[C@H](CO)[C@H](O)[C@H](O)[C@H]5O)O[C@H](O)[C@@H]4NC(C)=O)O[C@H](CO)[C@H](O[C@H]1O[C@H](CO[C@@H]2O[C@@H](C)[C@H](O)[C@@H](O)[C@H]2O)[C@@H](O)[C@H](O)[C@H]1O)[C@H](O[C@@H]1O[C@H](CO)[C@@H](O)[C@H](O)[C@H]1NC(C)=O)[C@H]3O. The van der Waals surface area contributed by atoms with E-state index in [0.717, 1.165) is 20.8 Å². The van der Waals surface area contributed by atoms with E-state index >= 15 is 0 Å². The normalized spacial score (nSPS) is 51.7. The van der Waals surface area contributed by atoms with Gasteiger partial charge in [0.2, 0.25) is 17.7 Å². The van der Waals surface area contributed by atoms with Gasteiger partial charge in [-0.15, -0.1) is 0 Å². The molecule has 39 heteroatoms. The van der Waals surface area contributed by atoms with Crippen molar-refractivity contribution in [1.82, 2.24) is 16.0 Å². The van der Waals surface area contributed by atoms with E-state index in [1.807, 2.05) is 0 Å². The highest BCUT2D eigenvalue weighted by Crippen LogP contribution is 2.45. The van der Waals surface area contributed by atoms with E-state index < -0.39 is 271 Å². The Kier molecular flexibility index (Phi) is 22.9. The Balaban J connectivity index is 1.26. The summed E-state index contributed by atoms with van der Waals surface area (Å²) in [5.41, 5.74) is 0. The van der Waals surface area contributed by atoms with Gasteiger partial charge >= 0.3 is 11.9 Å². The zero-order valence-corrected chi connectivity index (χ0v) is 46.7. The number of aliphatic hydroxyl groups is 19. The van der Waals surface area contributed by atoms with Crippen molar-refractivity contribution >= 4 is 17.7 Å². The van der Waals surface area contributed by atoms with Gasteiger partial charge in [0.15, 0.2) is 43.7 Å². The third kappa shape index (κ3) is 14.2. The molecule has 2 spiro atoms. The largest absolute Gasteiger partial charge is 0.394 e. The molecule has 8 rings (SSSR count). The van der Waals surface area contributed by atoms with Crippen molar-refractivity contribution in [2.75, 3.05) is 39.6 Å². The first kappa shape index (κ1) is 70.0. The first-order chi connectivity index (χ1) is 40.9. The lowest BCUT2D eigenvalue weighted by Gasteiger charge is -2.56. The van der Waals surface area contributed by atoms with Crippen molar-refractivity contribution in [1.29, 1.82) is 0 Å². The number of nitrogens with one attached hydrogen (secondary N) is 3. The van der Waals surface area contributed by atoms with Crippen molar-refractivity contribution in [3.63, 3.8) is 0 Å². The van der Waals surface area contributed by atoms with Gasteiger partial charge in [-0.25, -0.2) is 0 Å². The smallest absolute Gasteiger partial charge is 0.314 e. The first-order valence-electron chi connectivity index (χ1n) is 27.6. The lowest BCUT2D eigenvalue weighted by molar-refractivity contribution is -0.510. The Bertz CT molecular complexity index is 2230. The average Bonchev–Trinajstić information content (AvgIpc) is 0.772. The van der Waals surface area contributed by atoms with Crippen LogP contribution in [-0.2, 0) is 80.7 Å². The summed E-state index contributed by atoms with van der Waals surface area (Å²) < 4.78 is 83.2. The molecule has 4 bridgehead atoms. The van der Waals surface area contributed by atoms with E-state index in [1.165, 1.54) is 6.92 Å². The van der Waals surface area contributed by atoms with Crippen LogP contribution in [0.15, 0.2) is 0 Å². The third-order valence-corrected chi connectivity index (χ3v) is 16.1. The first-order valence-corrected chi connectivity index (χ1v) is 27.6. The van der Waals surface area contributed by atoms with Crippen molar-refractivity contribution in [3.8, 4) is 0 Å². The monoisotopic (exact) mass is 1270 g/mol. The van der Waals surface area contributed by atoms with E-state index in [1.54, 1.807) is 0 Å². The van der Waals surface area contributed by atoms with Crippen LogP contribution in [0.2, 0.25) is 0 Å². The van der Waals surface area contributed by atoms with E-state index in [0.29, 0.717) is 0 Å². The Hall–Kier alpha value is -2.91. The van der Waals surface area contributed by atoms with Gasteiger partial charge in [0.05, 0.1) is 45.7 Å². The lowest BCUT2D eigenvalue weighted by Crippen LogP contribution is -2.77.